The molecule has 0 heterocycles. The lowest BCUT2D eigenvalue weighted by Crippen LogP contribution is -2.33. The van der Waals surface area contributed by atoms with Crippen molar-refractivity contribution in [3.05, 3.63) is 33.9 Å². The lowest BCUT2D eigenvalue weighted by Gasteiger charge is -2.07. The van der Waals surface area contributed by atoms with Crippen molar-refractivity contribution in [1.82, 2.24) is 10.6 Å². The van der Waals surface area contributed by atoms with Crippen molar-refractivity contribution in [3.8, 4) is 0 Å². The molecule has 0 fully saturated rings. The normalized spacial score (nSPS) is 9.70. The van der Waals surface area contributed by atoms with Crippen LogP contribution in [0.15, 0.2) is 18.2 Å². The highest BCUT2D eigenvalue weighted by Crippen LogP contribution is 2.24. The molecule has 1 aromatic carbocycles. The number of nitrogens with zero attached hydrogens (tertiary/aromatic N) is 1. The van der Waals surface area contributed by atoms with Crippen LogP contribution in [0.4, 0.5) is 11.4 Å². The lowest BCUT2D eigenvalue weighted by molar-refractivity contribution is -0.384. The number of nitro benzene ring substituents is 1. The molecule has 0 aliphatic carbocycles. The molecule has 0 radical (unpaired) electrons. The molecular weight excluding hydrogens is 266 g/mol. The number of carbonyl (C=O) groups excluding carboxylic acids is 2. The molecule has 20 heavy (non-hydrogen) atoms. The van der Waals surface area contributed by atoms with Crippen LogP contribution in [0.5, 0.6) is 0 Å². The van der Waals surface area contributed by atoms with Crippen LogP contribution in [-0.2, 0) is 4.79 Å². The molecule has 2 amide bonds. The summed E-state index contributed by atoms with van der Waals surface area (Å²) in [5.74, 6) is 4.57. The average molecular weight is 281 g/mol. The molecule has 0 saturated carbocycles. The maximum Gasteiger partial charge on any atom is 0.293 e. The number of carbonyl (C=O) groups is 2. The van der Waals surface area contributed by atoms with Gasteiger partial charge in [-0.1, -0.05) is 0 Å². The number of rotatable bonds is 6. The van der Waals surface area contributed by atoms with Crippen LogP contribution in [0.1, 0.15) is 17.3 Å². The van der Waals surface area contributed by atoms with Gasteiger partial charge >= 0.3 is 0 Å². The smallest absolute Gasteiger partial charge is 0.293 e. The van der Waals surface area contributed by atoms with Crippen LogP contribution >= 0.6 is 0 Å². The lowest BCUT2D eigenvalue weighted by atomic mass is 10.1. The Bertz CT molecular complexity index is 532. The molecule has 0 saturated heterocycles. The third-order valence-corrected chi connectivity index (χ3v) is 2.40. The Balaban J connectivity index is 2.69. The van der Waals surface area contributed by atoms with Gasteiger partial charge < -0.3 is 16.1 Å². The molecule has 5 N–H and O–H groups in total. The topological polar surface area (TPSA) is 139 Å². The first-order valence-corrected chi connectivity index (χ1v) is 5.73. The number of nitrogens with one attached hydrogen (secondary N) is 3. The first-order chi connectivity index (χ1) is 9.45. The third-order valence-electron chi connectivity index (χ3n) is 2.40. The fourth-order valence-electron chi connectivity index (χ4n) is 1.47. The molecule has 1 aromatic rings. The first-order valence-electron chi connectivity index (χ1n) is 5.73. The van der Waals surface area contributed by atoms with Gasteiger partial charge in [-0.2, -0.15) is 0 Å². The number of nitrogen functional groups attached to an aromatic ring is 1. The van der Waals surface area contributed by atoms with E-state index in [1.165, 1.54) is 25.1 Å². The van der Waals surface area contributed by atoms with E-state index in [0.29, 0.717) is 6.54 Å². The molecule has 0 aromatic heterocycles. The zero-order valence-corrected chi connectivity index (χ0v) is 10.8. The number of hydrogen-bond acceptors (Lipinski definition) is 6. The summed E-state index contributed by atoms with van der Waals surface area (Å²) in [6, 6.07) is 3.80. The molecule has 0 aliphatic rings. The van der Waals surface area contributed by atoms with Gasteiger partial charge in [-0.3, -0.25) is 25.5 Å². The van der Waals surface area contributed by atoms with Crippen LogP contribution in [0.3, 0.4) is 0 Å². The van der Waals surface area contributed by atoms with Crippen LogP contribution in [0.25, 0.3) is 0 Å². The maximum atomic E-state index is 11.8. The SMILES string of the molecule is CC(=O)NCCNC(=O)c1ccc([N+](=O)[O-])c(NN)c1. The van der Waals surface area contributed by atoms with Crippen molar-refractivity contribution in [2.24, 2.45) is 5.84 Å². The minimum absolute atomic E-state index is 0.0458. The molecule has 1 rings (SSSR count). The summed E-state index contributed by atoms with van der Waals surface area (Å²) in [4.78, 5) is 32.5. The molecule has 0 atom stereocenters. The highest BCUT2D eigenvalue weighted by atomic mass is 16.6. The second kappa shape index (κ2) is 7.04. The van der Waals surface area contributed by atoms with Crippen LogP contribution < -0.4 is 21.9 Å². The highest BCUT2D eigenvalue weighted by molar-refractivity contribution is 5.95. The average Bonchev–Trinajstić information content (AvgIpc) is 2.42. The van der Waals surface area contributed by atoms with Gasteiger partial charge in [-0.15, -0.1) is 0 Å². The minimum atomic E-state index is -0.604. The van der Waals surface area contributed by atoms with Crippen LogP contribution in [0, 0.1) is 10.1 Å². The van der Waals surface area contributed by atoms with Crippen molar-refractivity contribution in [2.45, 2.75) is 6.92 Å². The molecular formula is C11H15N5O4. The monoisotopic (exact) mass is 281 g/mol. The zero-order chi connectivity index (χ0) is 15.1. The predicted molar refractivity (Wildman–Crippen MR) is 71.9 cm³/mol. The summed E-state index contributed by atoms with van der Waals surface area (Å²) in [6.07, 6.45) is 0. The number of benzene rings is 1. The summed E-state index contributed by atoms with van der Waals surface area (Å²) in [5, 5.41) is 15.8. The van der Waals surface area contributed by atoms with E-state index < -0.39 is 10.8 Å². The Morgan fingerprint density at radius 2 is 1.95 bits per heavy atom. The van der Waals surface area contributed by atoms with Gasteiger partial charge in [-0.25, -0.2) is 0 Å². The number of hydrazine groups is 1. The summed E-state index contributed by atoms with van der Waals surface area (Å²) in [7, 11) is 0. The van der Waals surface area contributed by atoms with E-state index in [2.05, 4.69) is 16.1 Å². The standard InChI is InChI=1S/C11H15N5O4/c1-7(17)13-4-5-14-11(18)8-2-3-10(16(19)20)9(6-8)15-12/h2-3,6,15H,4-5,12H2,1H3,(H,13,17)(H,14,18). The van der Waals surface area contributed by atoms with Gasteiger partial charge in [-0.05, 0) is 12.1 Å². The van der Waals surface area contributed by atoms with Crippen molar-refractivity contribution in [2.75, 3.05) is 18.5 Å². The highest BCUT2D eigenvalue weighted by Gasteiger charge is 2.15. The summed E-state index contributed by atoms with van der Waals surface area (Å²) < 4.78 is 0. The minimum Gasteiger partial charge on any atom is -0.355 e. The van der Waals surface area contributed by atoms with Gasteiger partial charge in [0.25, 0.3) is 11.6 Å². The Labute approximate surface area is 114 Å². The van der Waals surface area contributed by atoms with Crippen LogP contribution in [0.2, 0.25) is 0 Å². The molecule has 108 valence electrons. The van der Waals surface area contributed by atoms with Crippen molar-refractivity contribution < 1.29 is 14.5 Å². The number of anilines is 1. The number of hydrogen-bond donors (Lipinski definition) is 4. The van der Waals surface area contributed by atoms with Gasteiger partial charge in [0.1, 0.15) is 5.69 Å². The molecule has 0 spiro atoms. The van der Waals surface area contributed by atoms with Gasteiger partial charge in [0.15, 0.2) is 0 Å². The Morgan fingerprint density at radius 1 is 1.30 bits per heavy atom. The fourth-order valence-corrected chi connectivity index (χ4v) is 1.47. The second-order valence-corrected chi connectivity index (χ2v) is 3.87. The zero-order valence-electron chi connectivity index (χ0n) is 10.8. The molecule has 0 bridgehead atoms. The fraction of sp³-hybridized carbons (Fsp3) is 0.273. The maximum absolute atomic E-state index is 11.8. The summed E-state index contributed by atoms with van der Waals surface area (Å²) in [6.45, 7) is 1.92. The largest absolute Gasteiger partial charge is 0.355 e. The van der Waals surface area contributed by atoms with Crippen LogP contribution in [-0.4, -0.2) is 29.8 Å². The third kappa shape index (κ3) is 4.21. The summed E-state index contributed by atoms with van der Waals surface area (Å²) >= 11 is 0. The Hall–Kier alpha value is -2.68. The second-order valence-electron chi connectivity index (χ2n) is 3.87. The van der Waals surface area contributed by atoms with E-state index in [1.807, 2.05) is 0 Å². The summed E-state index contributed by atoms with van der Waals surface area (Å²) in [5.41, 5.74) is 2.23. The van der Waals surface area contributed by atoms with Crippen molar-refractivity contribution >= 4 is 23.2 Å². The number of nitrogens with two attached hydrogens (primary N) is 1. The van der Waals surface area contributed by atoms with E-state index in [1.54, 1.807) is 0 Å². The first kappa shape index (κ1) is 15.4. The van der Waals surface area contributed by atoms with E-state index in [-0.39, 0.29) is 29.4 Å². The molecule has 0 unspecified atom stereocenters. The molecule has 9 nitrogen and oxygen atoms in total. The van der Waals surface area contributed by atoms with Crippen molar-refractivity contribution in [3.63, 3.8) is 0 Å². The molecule has 9 heteroatoms. The van der Waals surface area contributed by atoms with Gasteiger partial charge in [0.2, 0.25) is 5.91 Å². The van der Waals surface area contributed by atoms with Crippen molar-refractivity contribution in [1.29, 1.82) is 0 Å². The Kier molecular flexibility index (Phi) is 5.42. The van der Waals surface area contributed by atoms with E-state index in [9.17, 15) is 19.7 Å². The van der Waals surface area contributed by atoms with Gasteiger partial charge in [0.05, 0.1) is 4.92 Å². The molecule has 0 aliphatic heterocycles. The van der Waals surface area contributed by atoms with E-state index in [4.69, 9.17) is 5.84 Å². The Morgan fingerprint density at radius 3 is 2.50 bits per heavy atom. The van der Waals surface area contributed by atoms with Gasteiger partial charge in [0, 0.05) is 31.6 Å². The van der Waals surface area contributed by atoms with E-state index in [0.717, 1.165) is 0 Å². The number of amides is 2. The van der Waals surface area contributed by atoms with E-state index >= 15 is 0 Å². The predicted octanol–water partition coefficient (Wildman–Crippen LogP) is -0.254. The number of nitro groups is 1. The quantitative estimate of drug-likeness (QED) is 0.245.